The van der Waals surface area contributed by atoms with E-state index in [1.165, 1.54) is 30.4 Å². The number of rotatable bonds is 4. The van der Waals surface area contributed by atoms with Gasteiger partial charge in [0.1, 0.15) is 6.20 Å². The molecule has 2 saturated carbocycles. The normalized spacial score (nSPS) is 28.6. The Balaban J connectivity index is 1.72. The van der Waals surface area contributed by atoms with Crippen LogP contribution in [0.4, 0.5) is 5.69 Å². The van der Waals surface area contributed by atoms with Gasteiger partial charge in [0.2, 0.25) is 5.69 Å². The summed E-state index contributed by atoms with van der Waals surface area (Å²) in [5, 5.41) is 17.7. The predicted octanol–water partition coefficient (Wildman–Crippen LogP) is 1.88. The molecule has 2 bridgehead atoms. The fraction of sp³-hybridized carbons (Fsp3) is 0.714. The predicted molar refractivity (Wildman–Crippen MR) is 75.7 cm³/mol. The number of nitrogens with one attached hydrogen (secondary N) is 1. The Morgan fingerprint density at radius 1 is 1.52 bits per heavy atom. The van der Waals surface area contributed by atoms with Crippen molar-refractivity contribution in [2.75, 3.05) is 0 Å². The lowest BCUT2D eigenvalue weighted by molar-refractivity contribution is -0.385. The molecule has 1 amide bonds. The van der Waals surface area contributed by atoms with Crippen LogP contribution in [0.15, 0.2) is 6.20 Å². The lowest BCUT2D eigenvalue weighted by Gasteiger charge is -2.28. The van der Waals surface area contributed by atoms with Crippen molar-refractivity contribution in [3.63, 3.8) is 0 Å². The third-order valence-electron chi connectivity index (χ3n) is 5.13. The van der Waals surface area contributed by atoms with Gasteiger partial charge in [-0.25, -0.2) is 0 Å². The highest BCUT2D eigenvalue weighted by atomic mass is 16.6. The number of carbonyl (C=O) groups excluding carboxylic acids is 1. The topological polar surface area (TPSA) is 90.1 Å². The molecular formula is C14H20N4O3. The molecule has 2 aliphatic rings. The summed E-state index contributed by atoms with van der Waals surface area (Å²) < 4.78 is 1.26. The number of aryl methyl sites for hydroxylation is 1. The molecule has 3 rings (SSSR count). The van der Waals surface area contributed by atoms with Crippen LogP contribution in [-0.4, -0.2) is 26.7 Å². The Kier molecular flexibility index (Phi) is 3.43. The van der Waals surface area contributed by atoms with Crippen LogP contribution in [0.1, 0.15) is 43.1 Å². The Hall–Kier alpha value is -1.92. The van der Waals surface area contributed by atoms with Crippen LogP contribution in [-0.2, 0) is 7.05 Å². The molecular weight excluding hydrogens is 272 g/mol. The van der Waals surface area contributed by atoms with Gasteiger partial charge >= 0.3 is 5.69 Å². The third-order valence-corrected chi connectivity index (χ3v) is 5.13. The summed E-state index contributed by atoms with van der Waals surface area (Å²) >= 11 is 0. The number of amides is 1. The molecule has 0 saturated heterocycles. The molecule has 2 fully saturated rings. The number of fused-ring (bicyclic) bond motifs is 2. The van der Waals surface area contributed by atoms with Crippen LogP contribution >= 0.6 is 0 Å². The zero-order chi connectivity index (χ0) is 15.1. The number of carbonyl (C=O) groups is 1. The summed E-state index contributed by atoms with van der Waals surface area (Å²) in [5.74, 6) is 1.61. The molecule has 1 aromatic heterocycles. The van der Waals surface area contributed by atoms with Gasteiger partial charge in [0.05, 0.1) is 4.92 Å². The largest absolute Gasteiger partial charge is 0.348 e. The monoisotopic (exact) mass is 292 g/mol. The summed E-state index contributed by atoms with van der Waals surface area (Å²) in [6, 6.07) is 0.0438. The average Bonchev–Trinajstić information content (AvgIpc) is 3.12. The second-order valence-electron chi connectivity index (χ2n) is 6.36. The summed E-state index contributed by atoms with van der Waals surface area (Å²) in [7, 11) is 1.55. The number of hydrogen-bond donors (Lipinski definition) is 1. The van der Waals surface area contributed by atoms with Crippen LogP contribution < -0.4 is 5.32 Å². The molecule has 7 nitrogen and oxygen atoms in total. The molecule has 2 aliphatic carbocycles. The van der Waals surface area contributed by atoms with Gasteiger partial charge in [0.15, 0.2) is 0 Å². The van der Waals surface area contributed by atoms with E-state index in [4.69, 9.17) is 0 Å². The van der Waals surface area contributed by atoms with Crippen molar-refractivity contribution in [2.45, 2.75) is 38.6 Å². The first kappa shape index (κ1) is 14.0. The molecule has 21 heavy (non-hydrogen) atoms. The summed E-state index contributed by atoms with van der Waals surface area (Å²) in [5.41, 5.74) is -0.217. The fourth-order valence-electron chi connectivity index (χ4n) is 4.11. The highest BCUT2D eigenvalue weighted by molar-refractivity contribution is 5.96. The zero-order valence-corrected chi connectivity index (χ0v) is 12.3. The maximum Gasteiger partial charge on any atom is 0.320 e. The molecule has 0 unspecified atom stereocenters. The highest BCUT2D eigenvalue weighted by Gasteiger charge is 2.42. The van der Waals surface area contributed by atoms with Crippen LogP contribution in [0, 0.1) is 27.9 Å². The van der Waals surface area contributed by atoms with E-state index < -0.39 is 10.8 Å². The Morgan fingerprint density at radius 2 is 2.29 bits per heavy atom. The van der Waals surface area contributed by atoms with Crippen molar-refractivity contribution in [1.82, 2.24) is 15.1 Å². The second kappa shape index (κ2) is 5.13. The molecule has 114 valence electrons. The van der Waals surface area contributed by atoms with E-state index >= 15 is 0 Å². The van der Waals surface area contributed by atoms with Crippen LogP contribution in [0.5, 0.6) is 0 Å². The molecule has 7 heteroatoms. The summed E-state index contributed by atoms with van der Waals surface area (Å²) in [4.78, 5) is 22.7. The second-order valence-corrected chi connectivity index (χ2v) is 6.36. The van der Waals surface area contributed by atoms with Gasteiger partial charge in [-0.1, -0.05) is 6.42 Å². The van der Waals surface area contributed by atoms with Crippen LogP contribution in [0.2, 0.25) is 0 Å². The van der Waals surface area contributed by atoms with Crippen LogP contribution in [0.25, 0.3) is 0 Å². The SMILES string of the molecule is C[C@@H](NC(=O)c1c([N+](=O)[O-])cnn1C)[C@H]1C[C@@H]2CC[C@@H]1C2. The first-order chi connectivity index (χ1) is 9.97. The van der Waals surface area contributed by atoms with E-state index in [2.05, 4.69) is 10.4 Å². The van der Waals surface area contributed by atoms with Crippen LogP contribution in [0.3, 0.4) is 0 Å². The fourth-order valence-corrected chi connectivity index (χ4v) is 4.11. The van der Waals surface area contributed by atoms with Crippen molar-refractivity contribution in [1.29, 1.82) is 0 Å². The van der Waals surface area contributed by atoms with Gasteiger partial charge in [0.25, 0.3) is 5.91 Å². The Morgan fingerprint density at radius 3 is 2.86 bits per heavy atom. The van der Waals surface area contributed by atoms with Gasteiger partial charge in [-0.05, 0) is 43.9 Å². The standard InChI is InChI=1S/C14H20N4O3/c1-8(11-6-9-3-4-10(11)5-9)16-14(19)13-12(18(20)21)7-15-17(13)2/h7-11H,3-6H2,1-2H3,(H,16,19)/t8-,9-,10-,11-/m1/s1. The smallest absolute Gasteiger partial charge is 0.320 e. The first-order valence-electron chi connectivity index (χ1n) is 7.44. The average molecular weight is 292 g/mol. The molecule has 1 aromatic rings. The lowest BCUT2D eigenvalue weighted by Crippen LogP contribution is -2.40. The molecule has 1 N–H and O–H groups in total. The van der Waals surface area contributed by atoms with E-state index in [0.717, 1.165) is 12.1 Å². The maximum absolute atomic E-state index is 12.3. The summed E-state index contributed by atoms with van der Waals surface area (Å²) in [6.45, 7) is 2.01. The molecule has 0 aliphatic heterocycles. The minimum atomic E-state index is -0.565. The van der Waals surface area contributed by atoms with E-state index in [1.54, 1.807) is 7.05 Å². The molecule has 4 atom stereocenters. The van der Waals surface area contributed by atoms with Crippen molar-refractivity contribution in [3.05, 3.63) is 22.0 Å². The molecule has 0 aromatic carbocycles. The van der Waals surface area contributed by atoms with E-state index in [9.17, 15) is 14.9 Å². The quantitative estimate of drug-likeness (QED) is 0.677. The Labute approximate surface area is 122 Å². The number of aromatic nitrogens is 2. The lowest BCUT2D eigenvalue weighted by atomic mass is 9.84. The first-order valence-corrected chi connectivity index (χ1v) is 7.44. The number of hydrogen-bond acceptors (Lipinski definition) is 4. The van der Waals surface area contributed by atoms with Gasteiger partial charge in [-0.2, -0.15) is 5.10 Å². The molecule has 0 spiro atoms. The number of nitro groups is 1. The highest BCUT2D eigenvalue weighted by Crippen LogP contribution is 2.49. The van der Waals surface area contributed by atoms with Crippen molar-refractivity contribution < 1.29 is 9.72 Å². The molecule has 0 radical (unpaired) electrons. The van der Waals surface area contributed by atoms with Gasteiger partial charge in [-0.3, -0.25) is 19.6 Å². The third kappa shape index (κ3) is 2.41. The van der Waals surface area contributed by atoms with Gasteiger partial charge in [0, 0.05) is 13.1 Å². The van der Waals surface area contributed by atoms with E-state index in [0.29, 0.717) is 11.8 Å². The van der Waals surface area contributed by atoms with Gasteiger partial charge < -0.3 is 5.32 Å². The van der Waals surface area contributed by atoms with E-state index in [-0.39, 0.29) is 17.4 Å². The van der Waals surface area contributed by atoms with Crippen molar-refractivity contribution >= 4 is 11.6 Å². The van der Waals surface area contributed by atoms with E-state index in [1.807, 2.05) is 6.92 Å². The maximum atomic E-state index is 12.3. The van der Waals surface area contributed by atoms with Crippen molar-refractivity contribution in [2.24, 2.45) is 24.8 Å². The van der Waals surface area contributed by atoms with Gasteiger partial charge in [-0.15, -0.1) is 0 Å². The minimum Gasteiger partial charge on any atom is -0.348 e. The van der Waals surface area contributed by atoms with Crippen molar-refractivity contribution in [3.8, 4) is 0 Å². The minimum absolute atomic E-state index is 0.0232. The zero-order valence-electron chi connectivity index (χ0n) is 12.3. The molecule has 1 heterocycles. The summed E-state index contributed by atoms with van der Waals surface area (Å²) in [6.07, 6.45) is 6.13. The Bertz CT molecular complexity index is 583. The number of nitrogens with zero attached hydrogens (tertiary/aromatic N) is 3.